The van der Waals surface area contributed by atoms with Crippen molar-refractivity contribution >= 4 is 0 Å². The van der Waals surface area contributed by atoms with Crippen LogP contribution in [0.2, 0.25) is 0 Å². The molecule has 0 unspecified atom stereocenters. The van der Waals surface area contributed by atoms with E-state index in [4.69, 9.17) is 6.58 Å². The van der Waals surface area contributed by atoms with Gasteiger partial charge in [0.05, 0.1) is 0 Å². The molecule has 0 atom stereocenters. The van der Waals surface area contributed by atoms with Crippen molar-refractivity contribution in [3.05, 3.63) is 61.3 Å². The summed E-state index contributed by atoms with van der Waals surface area (Å²) >= 11 is 0. The largest absolute Gasteiger partial charge is 4.00 e. The van der Waals surface area contributed by atoms with E-state index in [2.05, 4.69) is 45.1 Å². The molecule has 0 nitrogen and oxygen atoms in total. The number of rotatable bonds is 0. The Labute approximate surface area is 138 Å². The summed E-state index contributed by atoms with van der Waals surface area (Å²) in [7, 11) is 0. The van der Waals surface area contributed by atoms with Gasteiger partial charge >= 0.3 is 26.2 Å². The zero-order valence-corrected chi connectivity index (χ0v) is 14.6. The van der Waals surface area contributed by atoms with E-state index in [1.54, 1.807) is 6.08 Å². The van der Waals surface area contributed by atoms with Crippen molar-refractivity contribution in [1.82, 2.24) is 0 Å². The molecule has 2 heteroatoms. The van der Waals surface area contributed by atoms with E-state index >= 15 is 0 Å². The van der Waals surface area contributed by atoms with Gasteiger partial charge in [0.2, 0.25) is 0 Å². The van der Waals surface area contributed by atoms with E-state index in [0.29, 0.717) is 0 Å². The number of hydrogen-bond donors (Lipinski definition) is 0. The van der Waals surface area contributed by atoms with Crippen LogP contribution in [0.1, 0.15) is 33.6 Å². The van der Waals surface area contributed by atoms with Crippen LogP contribution in [-0.4, -0.2) is 0 Å². The number of allylic oxidation sites excluding steroid dienone is 9. The van der Waals surface area contributed by atoms with Gasteiger partial charge in [-0.05, 0) is 0 Å². The van der Waals surface area contributed by atoms with E-state index < -0.39 is 0 Å². The maximum atomic E-state index is 5.18. The minimum atomic E-state index is 0. The Morgan fingerprint density at radius 1 is 1.00 bits per heavy atom. The topological polar surface area (TPSA) is 0 Å². The van der Waals surface area contributed by atoms with Crippen molar-refractivity contribution in [2.75, 3.05) is 0 Å². The first-order valence-electron chi connectivity index (χ1n) is 5.56. The van der Waals surface area contributed by atoms with Gasteiger partial charge in [0.25, 0.3) is 0 Å². The van der Waals surface area contributed by atoms with E-state index in [1.165, 1.54) is 0 Å². The second kappa shape index (κ2) is 14.9. The number of hydrogen-bond acceptors (Lipinski definition) is 0. The molecule has 0 aliphatic heterocycles. The molecule has 0 radical (unpaired) electrons. The Morgan fingerprint density at radius 2 is 1.33 bits per heavy atom. The van der Waals surface area contributed by atoms with Gasteiger partial charge in [-0.2, -0.15) is 12.2 Å². The molecule has 0 N–H and O–H groups in total. The monoisotopic (exact) mass is 338 g/mol. The second-order valence-electron chi connectivity index (χ2n) is 4.54. The molecule has 0 bridgehead atoms. The third kappa shape index (κ3) is 21.2. The Kier molecular flexibility index (Phi) is 19.1. The van der Waals surface area contributed by atoms with E-state index in [9.17, 15) is 0 Å². The van der Waals surface area contributed by atoms with Crippen LogP contribution in [0, 0.1) is 24.1 Å². The second-order valence-corrected chi connectivity index (χ2v) is 4.54. The molecule has 0 amide bonds. The Hall–Kier alpha value is -0.127. The third-order valence-corrected chi connectivity index (χ3v) is 1.67. The van der Waals surface area contributed by atoms with Crippen LogP contribution >= 0.6 is 0 Å². The summed E-state index contributed by atoms with van der Waals surface area (Å²) in [5, 5.41) is 0. The molecule has 2 aliphatic rings. The molecule has 0 saturated carbocycles. The van der Waals surface area contributed by atoms with Gasteiger partial charge in [0, 0.05) is 0 Å². The fourth-order valence-electron chi connectivity index (χ4n) is 0.680. The van der Waals surface area contributed by atoms with Gasteiger partial charge in [-0.3, -0.25) is 18.2 Å². The van der Waals surface area contributed by atoms with E-state index in [-0.39, 0.29) is 44.0 Å². The Morgan fingerprint density at radius 3 is 1.39 bits per heavy atom. The van der Waals surface area contributed by atoms with Gasteiger partial charge in [-0.1, -0.05) is 26.2 Å². The zero-order chi connectivity index (χ0) is 12.3. The van der Waals surface area contributed by atoms with Crippen LogP contribution in [0.25, 0.3) is 0 Å². The molecule has 0 spiro atoms. The van der Waals surface area contributed by atoms with Crippen molar-refractivity contribution in [2.24, 2.45) is 5.41 Å². The van der Waals surface area contributed by atoms with Crippen LogP contribution in [0.15, 0.2) is 42.5 Å². The third-order valence-electron chi connectivity index (χ3n) is 1.67. The molecule has 0 aromatic carbocycles. The Bertz CT molecular complexity index is 249. The fraction of sp³-hybridized carbons (Fsp3) is 0.375. The van der Waals surface area contributed by atoms with Gasteiger partial charge in [-0.15, -0.1) is 12.8 Å². The summed E-state index contributed by atoms with van der Waals surface area (Å²) in [5.74, 6) is 0. The van der Waals surface area contributed by atoms with E-state index in [0.717, 1.165) is 12.8 Å². The van der Waals surface area contributed by atoms with Crippen LogP contribution < -0.4 is 12.4 Å². The van der Waals surface area contributed by atoms with Gasteiger partial charge in [0.1, 0.15) is 0 Å². The normalized spacial score (nSPS) is 13.5. The maximum absolute atomic E-state index is 5.18. The van der Waals surface area contributed by atoms with Crippen molar-refractivity contribution in [3.8, 4) is 0 Å². The smallest absolute Gasteiger partial charge is 1.00 e. The van der Waals surface area contributed by atoms with Crippen molar-refractivity contribution < 1.29 is 38.6 Å². The summed E-state index contributed by atoms with van der Waals surface area (Å²) < 4.78 is 0. The molecule has 18 heavy (non-hydrogen) atoms. The molecule has 2 rings (SSSR count). The summed E-state index contributed by atoms with van der Waals surface area (Å²) in [6.45, 7) is 11.4. The summed E-state index contributed by atoms with van der Waals surface area (Å²) in [6, 6.07) is 0. The van der Waals surface area contributed by atoms with Crippen molar-refractivity contribution in [2.45, 2.75) is 33.6 Å². The molecule has 96 valence electrons. The SMILES string of the molecule is [C-]1=CC=CC1.[C-]1=CC=CC1.[CH-]=CC(C)(C)C.[Cl-].[Zr+4]. The van der Waals surface area contributed by atoms with Gasteiger partial charge in [-0.25, -0.2) is 24.3 Å². The predicted molar refractivity (Wildman–Crippen MR) is 71.5 cm³/mol. The standard InChI is InChI=1S/C6H11.2C5H5.ClH.Zr/c1-5-6(2,3)4;2*1-2-4-5-3-1;;/h1,5H,2-4H3;2*1-3H,4H2;1H;/q3*-1;;+4/p-1. The van der Waals surface area contributed by atoms with Crippen molar-refractivity contribution in [1.29, 1.82) is 0 Å². The molecule has 0 heterocycles. The molecular formula is C16H21ClZr. The molecule has 0 fully saturated rings. The molecular weight excluding hydrogens is 319 g/mol. The van der Waals surface area contributed by atoms with E-state index in [1.807, 2.05) is 24.3 Å². The zero-order valence-electron chi connectivity index (χ0n) is 11.4. The minimum Gasteiger partial charge on any atom is -1.00 e. The minimum absolute atomic E-state index is 0. The molecule has 2 aliphatic carbocycles. The van der Waals surface area contributed by atoms with Crippen LogP contribution in [-0.2, 0) is 26.2 Å². The summed E-state index contributed by atoms with van der Waals surface area (Å²) in [6.07, 6.45) is 21.7. The van der Waals surface area contributed by atoms with Gasteiger partial charge < -0.3 is 19.0 Å². The van der Waals surface area contributed by atoms with Crippen LogP contribution in [0.3, 0.4) is 0 Å². The average Bonchev–Trinajstić information content (AvgIpc) is 2.95. The molecule has 0 saturated heterocycles. The summed E-state index contributed by atoms with van der Waals surface area (Å²) in [5.41, 5.74) is 0.194. The Balaban J connectivity index is -0.000000178. The predicted octanol–water partition coefficient (Wildman–Crippen LogP) is 1.63. The molecule has 0 aromatic heterocycles. The van der Waals surface area contributed by atoms with Crippen molar-refractivity contribution in [3.63, 3.8) is 0 Å². The fourth-order valence-corrected chi connectivity index (χ4v) is 0.680. The average molecular weight is 340 g/mol. The quantitative estimate of drug-likeness (QED) is 0.588. The van der Waals surface area contributed by atoms with Crippen LogP contribution in [0.4, 0.5) is 0 Å². The summed E-state index contributed by atoms with van der Waals surface area (Å²) in [4.78, 5) is 0. The maximum Gasteiger partial charge on any atom is 4.00 e. The first-order valence-corrected chi connectivity index (χ1v) is 5.56. The first kappa shape index (κ1) is 23.0. The first-order chi connectivity index (χ1) is 7.56. The molecule has 0 aromatic rings. The van der Waals surface area contributed by atoms with Crippen LogP contribution in [0.5, 0.6) is 0 Å². The number of halogens is 1. The van der Waals surface area contributed by atoms with Gasteiger partial charge in [0.15, 0.2) is 0 Å².